The summed E-state index contributed by atoms with van der Waals surface area (Å²) in [5.74, 6) is 1.87. The SMILES string of the molecule is Cc1ccc(-c2nnc(SCCN3CCOCC3)n2-c2ccccc2)cc1. The molecule has 0 saturated carbocycles. The lowest BCUT2D eigenvalue weighted by Crippen LogP contribution is -2.37. The van der Waals surface area contributed by atoms with E-state index in [9.17, 15) is 0 Å². The molecule has 0 unspecified atom stereocenters. The molecule has 5 nitrogen and oxygen atoms in total. The fraction of sp³-hybridized carbons (Fsp3) is 0.333. The highest BCUT2D eigenvalue weighted by Crippen LogP contribution is 2.28. The molecule has 1 saturated heterocycles. The fourth-order valence-electron chi connectivity index (χ4n) is 3.15. The molecule has 140 valence electrons. The van der Waals surface area contributed by atoms with Crippen LogP contribution in [-0.2, 0) is 4.74 Å². The van der Waals surface area contributed by atoms with Crippen molar-refractivity contribution in [1.82, 2.24) is 19.7 Å². The molecule has 3 aromatic rings. The van der Waals surface area contributed by atoms with E-state index < -0.39 is 0 Å². The van der Waals surface area contributed by atoms with E-state index in [2.05, 4.69) is 75.1 Å². The molecular formula is C21H24N4OS. The molecule has 0 spiro atoms. The molecule has 1 aliphatic rings. The van der Waals surface area contributed by atoms with Crippen molar-refractivity contribution in [3.05, 3.63) is 60.2 Å². The van der Waals surface area contributed by atoms with Gasteiger partial charge in [0.25, 0.3) is 0 Å². The second-order valence-corrected chi connectivity index (χ2v) is 7.71. The van der Waals surface area contributed by atoms with Crippen molar-refractivity contribution in [2.24, 2.45) is 0 Å². The molecule has 0 radical (unpaired) electrons. The highest BCUT2D eigenvalue weighted by Gasteiger charge is 2.17. The lowest BCUT2D eigenvalue weighted by atomic mass is 10.1. The fourth-order valence-corrected chi connectivity index (χ4v) is 4.11. The monoisotopic (exact) mass is 380 g/mol. The van der Waals surface area contributed by atoms with E-state index in [1.165, 1.54) is 5.56 Å². The zero-order chi connectivity index (χ0) is 18.5. The van der Waals surface area contributed by atoms with Crippen molar-refractivity contribution in [3.63, 3.8) is 0 Å². The van der Waals surface area contributed by atoms with Gasteiger partial charge in [-0.1, -0.05) is 59.8 Å². The average molecular weight is 381 g/mol. The van der Waals surface area contributed by atoms with Gasteiger partial charge >= 0.3 is 0 Å². The van der Waals surface area contributed by atoms with Gasteiger partial charge in [-0.15, -0.1) is 10.2 Å². The summed E-state index contributed by atoms with van der Waals surface area (Å²) in [7, 11) is 0. The number of rotatable bonds is 6. The zero-order valence-electron chi connectivity index (χ0n) is 15.5. The minimum Gasteiger partial charge on any atom is -0.379 e. The zero-order valence-corrected chi connectivity index (χ0v) is 16.4. The molecular weight excluding hydrogens is 356 g/mol. The number of thioether (sulfide) groups is 1. The Morgan fingerprint density at radius 2 is 1.70 bits per heavy atom. The number of hydrogen-bond donors (Lipinski definition) is 0. The van der Waals surface area contributed by atoms with Crippen molar-refractivity contribution >= 4 is 11.8 Å². The molecule has 1 aliphatic heterocycles. The number of ether oxygens (including phenoxy) is 1. The molecule has 1 fully saturated rings. The van der Waals surface area contributed by atoms with Crippen LogP contribution in [-0.4, -0.2) is 58.3 Å². The Hall–Kier alpha value is -2.15. The summed E-state index contributed by atoms with van der Waals surface area (Å²) in [5, 5.41) is 9.96. The predicted octanol–water partition coefficient (Wildman–Crippen LogP) is 3.67. The van der Waals surface area contributed by atoms with Crippen LogP contribution in [0, 0.1) is 6.92 Å². The Morgan fingerprint density at radius 3 is 2.44 bits per heavy atom. The maximum absolute atomic E-state index is 5.43. The van der Waals surface area contributed by atoms with E-state index in [0.717, 1.165) is 60.8 Å². The minimum atomic E-state index is 0.836. The van der Waals surface area contributed by atoms with E-state index in [-0.39, 0.29) is 0 Å². The summed E-state index contributed by atoms with van der Waals surface area (Å²) >= 11 is 1.76. The van der Waals surface area contributed by atoms with Crippen molar-refractivity contribution in [3.8, 4) is 17.1 Å². The lowest BCUT2D eigenvalue weighted by molar-refractivity contribution is 0.0410. The first kappa shape index (κ1) is 18.2. The largest absolute Gasteiger partial charge is 0.379 e. The van der Waals surface area contributed by atoms with Gasteiger partial charge in [0.15, 0.2) is 11.0 Å². The first-order valence-electron chi connectivity index (χ1n) is 9.32. The third-order valence-corrected chi connectivity index (χ3v) is 5.61. The van der Waals surface area contributed by atoms with Gasteiger partial charge in [-0.3, -0.25) is 9.47 Å². The molecule has 2 aromatic carbocycles. The number of para-hydroxylation sites is 1. The van der Waals surface area contributed by atoms with Crippen LogP contribution in [0.2, 0.25) is 0 Å². The maximum Gasteiger partial charge on any atom is 0.196 e. The summed E-state index contributed by atoms with van der Waals surface area (Å²) in [5.41, 5.74) is 3.41. The van der Waals surface area contributed by atoms with Gasteiger partial charge in [-0.05, 0) is 19.1 Å². The molecule has 0 bridgehead atoms. The van der Waals surface area contributed by atoms with E-state index in [1.807, 2.05) is 6.07 Å². The summed E-state index contributed by atoms with van der Waals surface area (Å²) in [4.78, 5) is 2.45. The molecule has 0 N–H and O–H groups in total. The van der Waals surface area contributed by atoms with Crippen molar-refractivity contribution in [1.29, 1.82) is 0 Å². The molecule has 27 heavy (non-hydrogen) atoms. The van der Waals surface area contributed by atoms with Gasteiger partial charge in [0.05, 0.1) is 13.2 Å². The van der Waals surface area contributed by atoms with Gasteiger partial charge in [-0.25, -0.2) is 0 Å². The Kier molecular flexibility index (Phi) is 5.87. The third kappa shape index (κ3) is 4.40. The number of aryl methyl sites for hydroxylation is 1. The number of nitrogens with zero attached hydrogens (tertiary/aromatic N) is 4. The van der Waals surface area contributed by atoms with Gasteiger partial charge in [0.1, 0.15) is 0 Å². The van der Waals surface area contributed by atoms with Gasteiger partial charge in [0.2, 0.25) is 0 Å². The van der Waals surface area contributed by atoms with Crippen LogP contribution in [0.5, 0.6) is 0 Å². The van der Waals surface area contributed by atoms with Crippen molar-refractivity contribution in [2.75, 3.05) is 38.6 Å². The standard InChI is InChI=1S/C21H24N4OS/c1-17-7-9-18(10-8-17)20-22-23-21(25(20)19-5-3-2-4-6-19)27-16-13-24-11-14-26-15-12-24/h2-10H,11-16H2,1H3. The summed E-state index contributed by atoms with van der Waals surface area (Å²) < 4.78 is 7.59. The topological polar surface area (TPSA) is 43.2 Å². The highest BCUT2D eigenvalue weighted by molar-refractivity contribution is 7.99. The lowest BCUT2D eigenvalue weighted by Gasteiger charge is -2.26. The number of benzene rings is 2. The van der Waals surface area contributed by atoms with Crippen LogP contribution in [0.1, 0.15) is 5.56 Å². The van der Waals surface area contributed by atoms with Gasteiger partial charge in [-0.2, -0.15) is 0 Å². The first-order chi connectivity index (χ1) is 13.3. The Balaban J connectivity index is 1.58. The van der Waals surface area contributed by atoms with E-state index >= 15 is 0 Å². The predicted molar refractivity (Wildman–Crippen MR) is 110 cm³/mol. The third-order valence-electron chi connectivity index (χ3n) is 4.70. The van der Waals surface area contributed by atoms with E-state index in [4.69, 9.17) is 4.74 Å². The van der Waals surface area contributed by atoms with Crippen molar-refractivity contribution in [2.45, 2.75) is 12.1 Å². The highest BCUT2D eigenvalue weighted by atomic mass is 32.2. The normalized spacial score (nSPS) is 15.1. The average Bonchev–Trinajstić information content (AvgIpc) is 3.14. The summed E-state index contributed by atoms with van der Waals surface area (Å²) in [6.07, 6.45) is 0. The molecule has 0 atom stereocenters. The van der Waals surface area contributed by atoms with Crippen LogP contribution in [0.25, 0.3) is 17.1 Å². The Morgan fingerprint density at radius 1 is 0.963 bits per heavy atom. The first-order valence-corrected chi connectivity index (χ1v) is 10.3. The van der Waals surface area contributed by atoms with Gasteiger partial charge < -0.3 is 4.74 Å². The van der Waals surface area contributed by atoms with E-state index in [1.54, 1.807) is 11.8 Å². The number of hydrogen-bond acceptors (Lipinski definition) is 5. The minimum absolute atomic E-state index is 0.836. The molecule has 1 aromatic heterocycles. The van der Waals surface area contributed by atoms with Crippen LogP contribution >= 0.6 is 11.8 Å². The van der Waals surface area contributed by atoms with E-state index in [0.29, 0.717) is 0 Å². The van der Waals surface area contributed by atoms with Crippen LogP contribution in [0.3, 0.4) is 0 Å². The molecule has 0 aliphatic carbocycles. The summed E-state index contributed by atoms with van der Waals surface area (Å²) in [6.45, 7) is 6.83. The maximum atomic E-state index is 5.43. The van der Waals surface area contributed by atoms with Crippen LogP contribution in [0.15, 0.2) is 59.8 Å². The molecule has 2 heterocycles. The molecule has 6 heteroatoms. The second kappa shape index (κ2) is 8.69. The second-order valence-electron chi connectivity index (χ2n) is 6.65. The molecule has 0 amide bonds. The Bertz CT molecular complexity index is 858. The number of aromatic nitrogens is 3. The quantitative estimate of drug-likeness (QED) is 0.611. The van der Waals surface area contributed by atoms with Crippen LogP contribution < -0.4 is 0 Å². The summed E-state index contributed by atoms with van der Waals surface area (Å²) in [6, 6.07) is 18.8. The van der Waals surface area contributed by atoms with Gasteiger partial charge in [0, 0.05) is 36.6 Å². The van der Waals surface area contributed by atoms with Crippen LogP contribution in [0.4, 0.5) is 0 Å². The number of morpholine rings is 1. The molecule has 4 rings (SSSR count). The van der Waals surface area contributed by atoms with Crippen molar-refractivity contribution < 1.29 is 4.74 Å². The smallest absolute Gasteiger partial charge is 0.196 e. The Labute approximate surface area is 164 Å².